The van der Waals surface area contributed by atoms with Gasteiger partial charge in [0.15, 0.2) is 0 Å². The maximum atomic E-state index is 6.41. The van der Waals surface area contributed by atoms with Crippen molar-refractivity contribution >= 4 is 23.2 Å². The largest absolute Gasteiger partial charge is 0.495 e. The van der Waals surface area contributed by atoms with Crippen LogP contribution in [0, 0.1) is 0 Å². The molecule has 0 aromatic heterocycles. The summed E-state index contributed by atoms with van der Waals surface area (Å²) >= 11 is 12.6. The monoisotopic (exact) mass is 323 g/mol. The fourth-order valence-electron chi connectivity index (χ4n) is 2.56. The van der Waals surface area contributed by atoms with Crippen molar-refractivity contribution in [2.75, 3.05) is 14.2 Å². The number of halogens is 2. The predicted molar refractivity (Wildman–Crippen MR) is 89.7 cm³/mol. The van der Waals surface area contributed by atoms with Gasteiger partial charge in [-0.3, -0.25) is 0 Å². The number of likely N-dealkylation sites (N-methyl/N-ethyl adjacent to an activating group) is 1. The van der Waals surface area contributed by atoms with E-state index < -0.39 is 0 Å². The Morgan fingerprint density at radius 1 is 1.05 bits per heavy atom. The molecule has 0 saturated carbocycles. The summed E-state index contributed by atoms with van der Waals surface area (Å²) in [6.07, 6.45) is 0. The number of hydrogen-bond acceptors (Lipinski definition) is 2. The van der Waals surface area contributed by atoms with Gasteiger partial charge in [-0.2, -0.15) is 0 Å². The molecule has 2 unspecified atom stereocenters. The Kier molecular flexibility index (Phi) is 5.51. The third-order valence-corrected chi connectivity index (χ3v) is 4.37. The average molecular weight is 324 g/mol. The molecule has 1 N–H and O–H groups in total. The lowest BCUT2D eigenvalue weighted by Gasteiger charge is -2.26. The molecule has 2 nitrogen and oxygen atoms in total. The molecular weight excluding hydrogens is 305 g/mol. The minimum Gasteiger partial charge on any atom is -0.495 e. The fraction of sp³-hybridized carbons (Fsp3) is 0.294. The van der Waals surface area contributed by atoms with Gasteiger partial charge in [0.25, 0.3) is 0 Å². The van der Waals surface area contributed by atoms with Crippen LogP contribution in [0.15, 0.2) is 42.5 Å². The van der Waals surface area contributed by atoms with E-state index in [0.717, 1.165) is 5.56 Å². The summed E-state index contributed by atoms with van der Waals surface area (Å²) < 4.78 is 5.20. The second kappa shape index (κ2) is 7.17. The highest BCUT2D eigenvalue weighted by molar-refractivity contribution is 6.34. The second-order valence-corrected chi connectivity index (χ2v) is 5.79. The van der Waals surface area contributed by atoms with Gasteiger partial charge in [-0.05, 0) is 24.2 Å². The lowest BCUT2D eigenvalue weighted by atomic mass is 9.88. The zero-order chi connectivity index (χ0) is 15.4. The summed E-state index contributed by atoms with van der Waals surface area (Å²) in [5.74, 6) is 0.853. The van der Waals surface area contributed by atoms with Crippen LogP contribution in [-0.2, 0) is 0 Å². The molecule has 4 heteroatoms. The first kappa shape index (κ1) is 16.2. The van der Waals surface area contributed by atoms with Gasteiger partial charge in [-0.25, -0.2) is 0 Å². The highest BCUT2D eigenvalue weighted by Gasteiger charge is 2.22. The molecule has 2 aromatic carbocycles. The van der Waals surface area contributed by atoms with E-state index in [1.54, 1.807) is 13.2 Å². The molecule has 0 heterocycles. The zero-order valence-electron chi connectivity index (χ0n) is 12.4. The average Bonchev–Trinajstić information content (AvgIpc) is 2.51. The van der Waals surface area contributed by atoms with Crippen LogP contribution < -0.4 is 10.1 Å². The molecule has 112 valence electrons. The summed E-state index contributed by atoms with van der Waals surface area (Å²) in [5, 5.41) is 4.56. The van der Waals surface area contributed by atoms with Crippen molar-refractivity contribution in [2.24, 2.45) is 0 Å². The zero-order valence-corrected chi connectivity index (χ0v) is 13.9. The van der Waals surface area contributed by atoms with Crippen molar-refractivity contribution in [3.8, 4) is 5.75 Å². The van der Waals surface area contributed by atoms with Crippen molar-refractivity contribution in [3.63, 3.8) is 0 Å². The van der Waals surface area contributed by atoms with Crippen LogP contribution in [0.2, 0.25) is 10.0 Å². The molecule has 0 amide bonds. The van der Waals surface area contributed by atoms with Gasteiger partial charge in [-0.15, -0.1) is 0 Å². The Labute approximate surface area is 136 Å². The van der Waals surface area contributed by atoms with Crippen LogP contribution in [0.5, 0.6) is 5.75 Å². The first-order valence-electron chi connectivity index (χ1n) is 6.83. The standard InChI is InChI=1S/C17H19Cl2NO/c1-11(12-7-5-4-6-8-12)17(20-2)13-9-15(19)16(21-3)10-14(13)18/h4-11,17,20H,1-3H3. The fourth-order valence-corrected chi connectivity index (χ4v) is 3.08. The molecule has 0 bridgehead atoms. The molecule has 0 fully saturated rings. The van der Waals surface area contributed by atoms with E-state index in [0.29, 0.717) is 15.8 Å². The summed E-state index contributed by atoms with van der Waals surface area (Å²) in [7, 11) is 3.51. The smallest absolute Gasteiger partial charge is 0.138 e. The number of rotatable bonds is 5. The molecule has 2 atom stereocenters. The number of hydrogen-bond donors (Lipinski definition) is 1. The number of nitrogens with one attached hydrogen (secondary N) is 1. The predicted octanol–water partition coefficient (Wildman–Crippen LogP) is 5.07. The third kappa shape index (κ3) is 3.52. The second-order valence-electron chi connectivity index (χ2n) is 4.97. The summed E-state index contributed by atoms with van der Waals surface area (Å²) in [6.45, 7) is 2.17. The van der Waals surface area contributed by atoms with Crippen molar-refractivity contribution < 1.29 is 4.74 Å². The highest BCUT2D eigenvalue weighted by atomic mass is 35.5. The summed E-state index contributed by atoms with van der Waals surface area (Å²) in [5.41, 5.74) is 2.22. The Hall–Kier alpha value is -1.22. The van der Waals surface area contributed by atoms with E-state index in [-0.39, 0.29) is 12.0 Å². The van der Waals surface area contributed by atoms with Crippen molar-refractivity contribution in [3.05, 3.63) is 63.6 Å². The highest BCUT2D eigenvalue weighted by Crippen LogP contribution is 2.38. The maximum absolute atomic E-state index is 6.41. The Morgan fingerprint density at radius 2 is 1.71 bits per heavy atom. The van der Waals surface area contributed by atoms with Crippen molar-refractivity contribution in [1.82, 2.24) is 5.32 Å². The molecule has 0 radical (unpaired) electrons. The van der Waals surface area contributed by atoms with E-state index in [2.05, 4.69) is 24.4 Å². The van der Waals surface area contributed by atoms with Crippen LogP contribution >= 0.6 is 23.2 Å². The van der Waals surface area contributed by atoms with Gasteiger partial charge in [0, 0.05) is 23.0 Å². The molecule has 2 rings (SSSR count). The van der Waals surface area contributed by atoms with E-state index >= 15 is 0 Å². The normalized spacial score (nSPS) is 13.8. The Morgan fingerprint density at radius 3 is 2.29 bits per heavy atom. The Bertz CT molecular complexity index is 601. The first-order valence-corrected chi connectivity index (χ1v) is 7.59. The lowest BCUT2D eigenvalue weighted by Crippen LogP contribution is -2.22. The van der Waals surface area contributed by atoms with Crippen LogP contribution in [0.1, 0.15) is 30.0 Å². The number of ether oxygens (including phenoxy) is 1. The van der Waals surface area contributed by atoms with E-state index in [4.69, 9.17) is 27.9 Å². The van der Waals surface area contributed by atoms with Crippen molar-refractivity contribution in [2.45, 2.75) is 18.9 Å². The number of methoxy groups -OCH3 is 1. The maximum Gasteiger partial charge on any atom is 0.138 e. The van der Waals surface area contributed by atoms with E-state index in [1.165, 1.54) is 5.56 Å². The SMILES string of the molecule is CNC(c1cc(Cl)c(OC)cc1Cl)C(C)c1ccccc1. The minimum atomic E-state index is 0.0725. The molecule has 0 aliphatic carbocycles. The van der Waals surface area contributed by atoms with Gasteiger partial charge in [0.2, 0.25) is 0 Å². The topological polar surface area (TPSA) is 21.3 Å². The van der Waals surface area contributed by atoms with Crippen LogP contribution in [-0.4, -0.2) is 14.2 Å². The summed E-state index contributed by atoms with van der Waals surface area (Å²) in [6, 6.07) is 14.1. The third-order valence-electron chi connectivity index (χ3n) is 3.74. The van der Waals surface area contributed by atoms with Gasteiger partial charge >= 0.3 is 0 Å². The quantitative estimate of drug-likeness (QED) is 0.829. The molecule has 21 heavy (non-hydrogen) atoms. The number of benzene rings is 2. The molecule has 0 spiro atoms. The minimum absolute atomic E-state index is 0.0725. The first-order chi connectivity index (χ1) is 10.1. The molecular formula is C17H19Cl2NO. The molecule has 0 saturated heterocycles. The van der Waals surface area contributed by atoms with Gasteiger partial charge in [0.1, 0.15) is 5.75 Å². The summed E-state index contributed by atoms with van der Waals surface area (Å²) in [4.78, 5) is 0. The molecule has 0 aliphatic rings. The van der Waals surface area contributed by atoms with E-state index in [9.17, 15) is 0 Å². The molecule has 0 aliphatic heterocycles. The van der Waals surface area contributed by atoms with Crippen molar-refractivity contribution in [1.29, 1.82) is 0 Å². The van der Waals surface area contributed by atoms with Crippen LogP contribution in [0.25, 0.3) is 0 Å². The van der Waals surface area contributed by atoms with Gasteiger partial charge in [0.05, 0.1) is 12.1 Å². The van der Waals surface area contributed by atoms with Crippen LogP contribution in [0.4, 0.5) is 0 Å². The Balaban J connectivity index is 2.40. The van der Waals surface area contributed by atoms with Crippen LogP contribution in [0.3, 0.4) is 0 Å². The lowest BCUT2D eigenvalue weighted by molar-refractivity contribution is 0.414. The molecule has 2 aromatic rings. The van der Waals surface area contributed by atoms with Gasteiger partial charge < -0.3 is 10.1 Å². The van der Waals surface area contributed by atoms with E-state index in [1.807, 2.05) is 31.3 Å². The van der Waals surface area contributed by atoms with Gasteiger partial charge in [-0.1, -0.05) is 60.5 Å².